The van der Waals surface area contributed by atoms with Crippen LogP contribution >= 0.6 is 23.2 Å². The van der Waals surface area contributed by atoms with Crippen LogP contribution in [-0.4, -0.2) is 17.4 Å². The van der Waals surface area contributed by atoms with Gasteiger partial charge in [-0.1, -0.05) is 50.9 Å². The Morgan fingerprint density at radius 1 is 1.44 bits per heavy atom. The molecule has 0 spiro atoms. The maximum atomic E-state index is 11.9. The highest BCUT2D eigenvalue weighted by Crippen LogP contribution is 2.24. The van der Waals surface area contributed by atoms with Crippen molar-refractivity contribution < 1.29 is 4.79 Å². The second-order valence-corrected chi connectivity index (χ2v) is 6.24. The molecule has 0 aliphatic carbocycles. The quantitative estimate of drug-likeness (QED) is 0.860. The van der Waals surface area contributed by atoms with Crippen LogP contribution in [0, 0.1) is 11.3 Å². The van der Waals surface area contributed by atoms with Crippen LogP contribution < -0.4 is 5.32 Å². The molecule has 3 nitrogen and oxygen atoms in total. The smallest absolute Gasteiger partial charge is 0.252 e. The fraction of sp³-hybridized carbons (Fsp3) is 0.538. The molecule has 0 aliphatic rings. The highest BCUT2D eigenvalue weighted by Gasteiger charge is 2.20. The summed E-state index contributed by atoms with van der Waals surface area (Å²) in [6.07, 6.45) is 1.42. The Morgan fingerprint density at radius 2 is 2.06 bits per heavy atom. The number of aromatic nitrogens is 1. The summed E-state index contributed by atoms with van der Waals surface area (Å²) < 4.78 is 0. The lowest BCUT2D eigenvalue weighted by Gasteiger charge is -2.27. The lowest BCUT2D eigenvalue weighted by atomic mass is 9.82. The zero-order chi connectivity index (χ0) is 13.9. The minimum absolute atomic E-state index is 0.156. The van der Waals surface area contributed by atoms with Gasteiger partial charge in [0, 0.05) is 12.7 Å². The van der Waals surface area contributed by atoms with Crippen molar-refractivity contribution in [1.82, 2.24) is 10.3 Å². The van der Waals surface area contributed by atoms with Crippen LogP contribution in [0.3, 0.4) is 0 Å². The van der Waals surface area contributed by atoms with Crippen molar-refractivity contribution in [1.29, 1.82) is 0 Å². The standard InChI is InChI=1S/C13H18Cl2N2O/c1-8(13(2,3)4)6-17-12(18)9-5-10(14)11(15)16-7-9/h5,7-8H,6H2,1-4H3,(H,17,18). The highest BCUT2D eigenvalue weighted by atomic mass is 35.5. The summed E-state index contributed by atoms with van der Waals surface area (Å²) in [6.45, 7) is 9.15. The van der Waals surface area contributed by atoms with Crippen LogP contribution in [0.2, 0.25) is 10.2 Å². The maximum Gasteiger partial charge on any atom is 0.252 e. The maximum absolute atomic E-state index is 11.9. The molecule has 0 bridgehead atoms. The summed E-state index contributed by atoms with van der Waals surface area (Å²) >= 11 is 11.5. The van der Waals surface area contributed by atoms with Crippen molar-refractivity contribution in [2.75, 3.05) is 6.54 Å². The third-order valence-electron chi connectivity index (χ3n) is 3.11. The van der Waals surface area contributed by atoms with E-state index in [1.54, 1.807) is 0 Å². The van der Waals surface area contributed by atoms with E-state index in [9.17, 15) is 4.79 Å². The fourth-order valence-electron chi connectivity index (χ4n) is 1.20. The second-order valence-electron chi connectivity index (χ2n) is 5.47. The zero-order valence-electron chi connectivity index (χ0n) is 11.1. The molecule has 1 amide bonds. The van der Waals surface area contributed by atoms with Gasteiger partial charge in [-0.05, 0) is 17.4 Å². The largest absolute Gasteiger partial charge is 0.352 e. The van der Waals surface area contributed by atoms with Crippen LogP contribution in [0.4, 0.5) is 0 Å². The van der Waals surface area contributed by atoms with E-state index in [-0.39, 0.29) is 21.5 Å². The first-order valence-corrected chi connectivity index (χ1v) is 6.56. The first kappa shape index (κ1) is 15.3. The second kappa shape index (κ2) is 5.89. The summed E-state index contributed by atoms with van der Waals surface area (Å²) in [5.74, 6) is 0.189. The molecule has 1 heterocycles. The van der Waals surface area contributed by atoms with Crippen LogP contribution in [0.1, 0.15) is 38.1 Å². The lowest BCUT2D eigenvalue weighted by Crippen LogP contribution is -2.33. The normalized spacial score (nSPS) is 13.2. The monoisotopic (exact) mass is 288 g/mol. The zero-order valence-corrected chi connectivity index (χ0v) is 12.6. The molecule has 18 heavy (non-hydrogen) atoms. The SMILES string of the molecule is CC(CNC(=O)c1cnc(Cl)c(Cl)c1)C(C)(C)C. The minimum atomic E-state index is -0.183. The number of carbonyl (C=O) groups excluding carboxylic acids is 1. The van der Waals surface area contributed by atoms with Gasteiger partial charge in [-0.3, -0.25) is 4.79 Å². The Morgan fingerprint density at radius 3 is 2.56 bits per heavy atom. The molecule has 100 valence electrons. The third-order valence-corrected chi connectivity index (χ3v) is 3.79. The van der Waals surface area contributed by atoms with Gasteiger partial charge in [0.2, 0.25) is 0 Å². The molecule has 0 aromatic carbocycles. The molecule has 0 aliphatic heterocycles. The lowest BCUT2D eigenvalue weighted by molar-refractivity contribution is 0.0936. The van der Waals surface area contributed by atoms with Gasteiger partial charge in [0.05, 0.1) is 10.6 Å². The van der Waals surface area contributed by atoms with Gasteiger partial charge in [0.15, 0.2) is 0 Å². The van der Waals surface area contributed by atoms with E-state index in [0.29, 0.717) is 18.0 Å². The van der Waals surface area contributed by atoms with E-state index >= 15 is 0 Å². The topological polar surface area (TPSA) is 42.0 Å². The Kier molecular flexibility index (Phi) is 5.00. The van der Waals surface area contributed by atoms with Gasteiger partial charge >= 0.3 is 0 Å². The van der Waals surface area contributed by atoms with Gasteiger partial charge in [-0.15, -0.1) is 0 Å². The molecule has 1 N–H and O–H groups in total. The number of hydrogen-bond acceptors (Lipinski definition) is 2. The van der Waals surface area contributed by atoms with E-state index in [4.69, 9.17) is 23.2 Å². The van der Waals surface area contributed by atoms with E-state index < -0.39 is 0 Å². The van der Waals surface area contributed by atoms with E-state index in [1.807, 2.05) is 0 Å². The van der Waals surface area contributed by atoms with Crippen LogP contribution in [0.25, 0.3) is 0 Å². The Bertz CT molecular complexity index is 441. The van der Waals surface area contributed by atoms with Gasteiger partial charge in [-0.25, -0.2) is 4.98 Å². The Balaban J connectivity index is 2.63. The Hall–Kier alpha value is -0.800. The molecule has 0 fully saturated rings. The van der Waals surface area contributed by atoms with Gasteiger partial charge < -0.3 is 5.32 Å². The van der Waals surface area contributed by atoms with Gasteiger partial charge in [-0.2, -0.15) is 0 Å². The summed E-state index contributed by atoms with van der Waals surface area (Å²) in [4.78, 5) is 15.7. The number of nitrogens with one attached hydrogen (secondary N) is 1. The average Bonchev–Trinajstić information content (AvgIpc) is 2.27. The first-order valence-electron chi connectivity index (χ1n) is 5.81. The van der Waals surface area contributed by atoms with Crippen molar-refractivity contribution in [2.24, 2.45) is 11.3 Å². The summed E-state index contributed by atoms with van der Waals surface area (Å²) in [6, 6.07) is 1.52. The Labute approximate surface area is 118 Å². The van der Waals surface area contributed by atoms with Crippen LogP contribution in [-0.2, 0) is 0 Å². The molecule has 1 atom stereocenters. The number of halogens is 2. The van der Waals surface area contributed by atoms with Gasteiger partial charge in [0.1, 0.15) is 5.15 Å². The van der Waals surface area contributed by atoms with Crippen molar-refractivity contribution in [3.8, 4) is 0 Å². The predicted octanol–water partition coefficient (Wildman–Crippen LogP) is 3.80. The molecule has 1 aromatic rings. The molecule has 0 saturated heterocycles. The van der Waals surface area contributed by atoms with Crippen molar-refractivity contribution >= 4 is 29.1 Å². The number of amides is 1. The van der Waals surface area contributed by atoms with Crippen molar-refractivity contribution in [3.05, 3.63) is 28.0 Å². The predicted molar refractivity (Wildman–Crippen MR) is 75.2 cm³/mol. The summed E-state index contributed by atoms with van der Waals surface area (Å²) in [5.41, 5.74) is 0.578. The van der Waals surface area contributed by atoms with Crippen LogP contribution in [0.15, 0.2) is 12.3 Å². The summed E-state index contributed by atoms with van der Waals surface area (Å²) in [5, 5.41) is 3.36. The van der Waals surface area contributed by atoms with E-state index in [1.165, 1.54) is 12.3 Å². The average molecular weight is 289 g/mol. The number of hydrogen-bond donors (Lipinski definition) is 1. The highest BCUT2D eigenvalue weighted by molar-refractivity contribution is 6.41. The molecule has 5 heteroatoms. The van der Waals surface area contributed by atoms with Crippen molar-refractivity contribution in [3.63, 3.8) is 0 Å². The van der Waals surface area contributed by atoms with E-state index in [2.05, 4.69) is 38.0 Å². The number of pyridine rings is 1. The fourth-order valence-corrected chi connectivity index (χ4v) is 1.47. The molecule has 1 unspecified atom stereocenters. The number of rotatable bonds is 3. The number of nitrogens with zero attached hydrogens (tertiary/aromatic N) is 1. The number of carbonyl (C=O) groups is 1. The molecule has 1 rings (SSSR count). The molecule has 0 radical (unpaired) electrons. The third kappa shape index (κ3) is 4.14. The minimum Gasteiger partial charge on any atom is -0.352 e. The molecule has 1 aromatic heterocycles. The van der Waals surface area contributed by atoms with E-state index in [0.717, 1.165) is 0 Å². The van der Waals surface area contributed by atoms with Gasteiger partial charge in [0.25, 0.3) is 5.91 Å². The first-order chi connectivity index (χ1) is 8.21. The van der Waals surface area contributed by atoms with Crippen LogP contribution in [0.5, 0.6) is 0 Å². The molecular weight excluding hydrogens is 271 g/mol. The molecule has 0 saturated carbocycles. The molecular formula is C13H18Cl2N2O. The van der Waals surface area contributed by atoms with Crippen molar-refractivity contribution in [2.45, 2.75) is 27.7 Å². The summed E-state index contributed by atoms with van der Waals surface area (Å²) in [7, 11) is 0.